The zero-order valence-corrected chi connectivity index (χ0v) is 16.9. The minimum absolute atomic E-state index is 0.0997. The number of carbonyl (C=O) groups is 1. The van der Waals surface area contributed by atoms with Crippen LogP contribution in [0.4, 0.5) is 0 Å². The summed E-state index contributed by atoms with van der Waals surface area (Å²) < 4.78 is 16.2. The van der Waals surface area contributed by atoms with Gasteiger partial charge in [-0.1, -0.05) is 35.0 Å². The fourth-order valence-electron chi connectivity index (χ4n) is 3.16. The number of aryl methyl sites for hydroxylation is 1. The second kappa shape index (κ2) is 8.69. The predicted molar refractivity (Wildman–Crippen MR) is 112 cm³/mol. The van der Waals surface area contributed by atoms with Gasteiger partial charge in [-0.25, -0.2) is 0 Å². The second-order valence-corrected chi connectivity index (χ2v) is 7.02. The first-order valence-corrected chi connectivity index (χ1v) is 9.61. The number of carbonyl (C=O) groups excluding carboxylic acids is 1. The smallest absolute Gasteiger partial charge is 0.254 e. The number of aromatic nitrogens is 1. The van der Waals surface area contributed by atoms with Crippen molar-refractivity contribution in [1.29, 1.82) is 0 Å². The highest BCUT2D eigenvalue weighted by molar-refractivity contribution is 5.94. The fraction of sp³-hybridized carbons (Fsp3) is 0.167. The van der Waals surface area contributed by atoms with Gasteiger partial charge in [0.15, 0.2) is 5.76 Å². The van der Waals surface area contributed by atoms with E-state index in [1.807, 2.05) is 67.6 Å². The highest BCUT2D eigenvalue weighted by atomic mass is 16.5. The Morgan fingerprint density at radius 2 is 1.87 bits per heavy atom. The molecule has 152 valence electrons. The van der Waals surface area contributed by atoms with Gasteiger partial charge in [-0.05, 0) is 43.3 Å². The summed E-state index contributed by atoms with van der Waals surface area (Å²) in [6.45, 7) is 2.62. The Labute approximate surface area is 174 Å². The fourth-order valence-corrected chi connectivity index (χ4v) is 3.16. The van der Waals surface area contributed by atoms with E-state index in [1.165, 1.54) is 0 Å². The molecule has 1 amide bonds. The van der Waals surface area contributed by atoms with Gasteiger partial charge in [0.2, 0.25) is 0 Å². The van der Waals surface area contributed by atoms with Crippen LogP contribution in [0.25, 0.3) is 11.3 Å². The summed E-state index contributed by atoms with van der Waals surface area (Å²) in [6.07, 6.45) is 1.60. The molecule has 30 heavy (non-hydrogen) atoms. The number of amides is 1. The molecule has 0 fully saturated rings. The van der Waals surface area contributed by atoms with Crippen molar-refractivity contribution >= 4 is 5.91 Å². The lowest BCUT2D eigenvalue weighted by Gasteiger charge is -2.20. The molecule has 0 aliphatic heterocycles. The van der Waals surface area contributed by atoms with Crippen LogP contribution >= 0.6 is 0 Å². The first-order chi connectivity index (χ1) is 14.6. The average Bonchev–Trinajstić information content (AvgIpc) is 3.46. The van der Waals surface area contributed by atoms with Crippen LogP contribution in [0.3, 0.4) is 0 Å². The lowest BCUT2D eigenvalue weighted by molar-refractivity contribution is 0.0713. The van der Waals surface area contributed by atoms with E-state index in [2.05, 4.69) is 5.16 Å². The van der Waals surface area contributed by atoms with Gasteiger partial charge in [-0.15, -0.1) is 0 Å². The van der Waals surface area contributed by atoms with E-state index in [9.17, 15) is 4.79 Å². The maximum absolute atomic E-state index is 13.2. The Kier molecular flexibility index (Phi) is 5.66. The Morgan fingerprint density at radius 3 is 2.60 bits per heavy atom. The second-order valence-electron chi connectivity index (χ2n) is 7.02. The van der Waals surface area contributed by atoms with Crippen molar-refractivity contribution in [3.05, 3.63) is 95.6 Å². The normalized spacial score (nSPS) is 10.7. The topological polar surface area (TPSA) is 68.7 Å². The summed E-state index contributed by atoms with van der Waals surface area (Å²) in [5.74, 6) is 1.95. The summed E-state index contributed by atoms with van der Waals surface area (Å²) >= 11 is 0. The number of hydrogen-bond donors (Lipinski definition) is 0. The Hall–Kier alpha value is -3.80. The van der Waals surface area contributed by atoms with Crippen molar-refractivity contribution < 1.29 is 18.5 Å². The largest absolute Gasteiger partial charge is 0.497 e. The third kappa shape index (κ3) is 4.43. The van der Waals surface area contributed by atoms with E-state index in [-0.39, 0.29) is 5.91 Å². The lowest BCUT2D eigenvalue weighted by Crippen LogP contribution is -2.30. The van der Waals surface area contributed by atoms with Crippen molar-refractivity contribution in [2.75, 3.05) is 7.11 Å². The highest BCUT2D eigenvalue weighted by Crippen LogP contribution is 2.25. The Balaban J connectivity index is 1.58. The van der Waals surface area contributed by atoms with Gasteiger partial charge < -0.3 is 18.6 Å². The number of hydrogen-bond acceptors (Lipinski definition) is 5. The van der Waals surface area contributed by atoms with Gasteiger partial charge in [0, 0.05) is 17.2 Å². The quantitative estimate of drug-likeness (QED) is 0.430. The molecule has 0 N–H and O–H groups in total. The van der Waals surface area contributed by atoms with Crippen molar-refractivity contribution in [3.8, 4) is 17.1 Å². The maximum Gasteiger partial charge on any atom is 0.254 e. The molecule has 0 spiro atoms. The average molecular weight is 402 g/mol. The lowest BCUT2D eigenvalue weighted by atomic mass is 10.1. The predicted octanol–water partition coefficient (Wildman–Crippen LogP) is 5.09. The molecule has 0 atom stereocenters. The third-order valence-corrected chi connectivity index (χ3v) is 4.78. The molecule has 0 bridgehead atoms. The van der Waals surface area contributed by atoms with E-state index < -0.39 is 0 Å². The minimum atomic E-state index is -0.0997. The summed E-state index contributed by atoms with van der Waals surface area (Å²) in [7, 11) is 1.62. The van der Waals surface area contributed by atoms with Gasteiger partial charge in [-0.3, -0.25) is 4.79 Å². The van der Waals surface area contributed by atoms with Crippen LogP contribution in [0.15, 0.2) is 81.9 Å². The van der Waals surface area contributed by atoms with Gasteiger partial charge in [0.25, 0.3) is 5.91 Å². The van der Waals surface area contributed by atoms with Crippen LogP contribution in [0.2, 0.25) is 0 Å². The number of methoxy groups -OCH3 is 1. The molecular formula is C24H22N2O4. The van der Waals surface area contributed by atoms with Gasteiger partial charge in [-0.2, -0.15) is 0 Å². The van der Waals surface area contributed by atoms with E-state index >= 15 is 0 Å². The molecule has 0 radical (unpaired) electrons. The third-order valence-electron chi connectivity index (χ3n) is 4.78. The summed E-state index contributed by atoms with van der Waals surface area (Å²) in [5, 5.41) is 4.17. The van der Waals surface area contributed by atoms with Crippen LogP contribution in [-0.4, -0.2) is 23.1 Å². The Bertz CT molecular complexity index is 1110. The van der Waals surface area contributed by atoms with Crippen molar-refractivity contribution in [2.45, 2.75) is 20.0 Å². The first-order valence-electron chi connectivity index (χ1n) is 9.61. The number of ether oxygens (including phenoxy) is 1. The zero-order chi connectivity index (χ0) is 20.9. The zero-order valence-electron chi connectivity index (χ0n) is 16.9. The van der Waals surface area contributed by atoms with Crippen molar-refractivity contribution in [3.63, 3.8) is 0 Å². The molecule has 0 saturated carbocycles. The van der Waals surface area contributed by atoms with Gasteiger partial charge >= 0.3 is 0 Å². The number of nitrogens with zero attached hydrogens (tertiary/aromatic N) is 2. The highest BCUT2D eigenvalue weighted by Gasteiger charge is 2.20. The molecule has 2 heterocycles. The van der Waals surface area contributed by atoms with Crippen LogP contribution in [-0.2, 0) is 13.1 Å². The Morgan fingerprint density at radius 1 is 1.03 bits per heavy atom. The molecule has 0 saturated heterocycles. The molecule has 0 aliphatic rings. The van der Waals surface area contributed by atoms with E-state index in [0.29, 0.717) is 35.9 Å². The minimum Gasteiger partial charge on any atom is -0.497 e. The number of furan rings is 1. The summed E-state index contributed by atoms with van der Waals surface area (Å²) in [6, 6.07) is 20.6. The molecule has 0 unspecified atom stereocenters. The van der Waals surface area contributed by atoms with Crippen LogP contribution in [0.1, 0.15) is 27.4 Å². The molecular weight excluding hydrogens is 380 g/mol. The molecule has 2 aromatic carbocycles. The van der Waals surface area contributed by atoms with Crippen LogP contribution in [0, 0.1) is 6.92 Å². The van der Waals surface area contributed by atoms with Gasteiger partial charge in [0.1, 0.15) is 17.2 Å². The van der Waals surface area contributed by atoms with Gasteiger partial charge in [0.05, 0.1) is 26.5 Å². The van der Waals surface area contributed by atoms with Crippen molar-refractivity contribution in [2.24, 2.45) is 0 Å². The monoisotopic (exact) mass is 402 g/mol. The standard InChI is InChI=1S/C24H22N2O4/c1-17-8-10-18(11-9-17)24(27)26(16-22-7-4-12-29-22)15-20-14-23(30-25-20)19-5-3-6-21(13-19)28-2/h3-14H,15-16H2,1-2H3. The van der Waals surface area contributed by atoms with E-state index in [1.54, 1.807) is 24.3 Å². The van der Waals surface area contributed by atoms with E-state index in [0.717, 1.165) is 16.9 Å². The molecule has 6 heteroatoms. The SMILES string of the molecule is COc1cccc(-c2cc(CN(Cc3ccco3)C(=O)c3ccc(C)cc3)no2)c1. The molecule has 2 aromatic heterocycles. The summed E-state index contributed by atoms with van der Waals surface area (Å²) in [4.78, 5) is 14.8. The molecule has 6 nitrogen and oxygen atoms in total. The molecule has 0 aliphatic carbocycles. The van der Waals surface area contributed by atoms with E-state index in [4.69, 9.17) is 13.7 Å². The van der Waals surface area contributed by atoms with Crippen LogP contribution < -0.4 is 4.74 Å². The number of benzene rings is 2. The first kappa shape index (κ1) is 19.5. The molecule has 4 aromatic rings. The number of rotatable bonds is 7. The maximum atomic E-state index is 13.2. The summed E-state index contributed by atoms with van der Waals surface area (Å²) in [5.41, 5.74) is 3.22. The van der Waals surface area contributed by atoms with Crippen LogP contribution in [0.5, 0.6) is 5.75 Å². The molecule has 4 rings (SSSR count). The van der Waals surface area contributed by atoms with Crippen molar-refractivity contribution in [1.82, 2.24) is 10.1 Å².